The molecular weight excluding hydrogens is 434 g/mol. The Bertz CT molecular complexity index is 1360. The number of anilines is 1. The van der Waals surface area contributed by atoms with Gasteiger partial charge in [-0.05, 0) is 67.1 Å². The fraction of sp³-hybridized carbons (Fsp3) is 0.185. The third kappa shape index (κ3) is 5.82. The Morgan fingerprint density at radius 1 is 0.970 bits per heavy atom. The lowest BCUT2D eigenvalue weighted by Crippen LogP contribution is -2.37. The van der Waals surface area contributed by atoms with Crippen LogP contribution >= 0.6 is 11.6 Å². The van der Waals surface area contributed by atoms with Gasteiger partial charge in [0, 0.05) is 28.3 Å². The molecule has 0 saturated heterocycles. The molecule has 0 bridgehead atoms. The van der Waals surface area contributed by atoms with Gasteiger partial charge in [0.25, 0.3) is 5.56 Å². The quantitative estimate of drug-likeness (QED) is 0.367. The summed E-state index contributed by atoms with van der Waals surface area (Å²) in [5.41, 5.74) is 5.13. The first-order chi connectivity index (χ1) is 15.9. The molecule has 0 aliphatic carbocycles. The molecule has 2 N–H and O–H groups in total. The molecule has 1 heterocycles. The molecule has 4 rings (SSSR count). The Morgan fingerprint density at radius 2 is 1.76 bits per heavy atom. The van der Waals surface area contributed by atoms with E-state index in [2.05, 4.69) is 16.4 Å². The minimum atomic E-state index is -0.284. The number of urea groups is 1. The zero-order valence-corrected chi connectivity index (χ0v) is 19.4. The van der Waals surface area contributed by atoms with E-state index in [1.54, 1.807) is 29.2 Å². The minimum absolute atomic E-state index is 0.191. The molecule has 0 aliphatic rings. The predicted molar refractivity (Wildman–Crippen MR) is 135 cm³/mol. The van der Waals surface area contributed by atoms with Crippen LogP contribution in [0.5, 0.6) is 0 Å². The monoisotopic (exact) mass is 459 g/mol. The number of aryl methyl sites for hydroxylation is 2. The molecule has 33 heavy (non-hydrogen) atoms. The van der Waals surface area contributed by atoms with Gasteiger partial charge in [0.2, 0.25) is 0 Å². The summed E-state index contributed by atoms with van der Waals surface area (Å²) in [5.74, 6) is 0. The summed E-state index contributed by atoms with van der Waals surface area (Å²) in [4.78, 5) is 30.6. The number of aromatic nitrogens is 1. The molecule has 6 heteroatoms. The van der Waals surface area contributed by atoms with Crippen molar-refractivity contribution in [3.63, 3.8) is 0 Å². The van der Waals surface area contributed by atoms with Gasteiger partial charge in [-0.1, -0.05) is 59.6 Å². The molecular formula is C27H26ClN3O2. The van der Waals surface area contributed by atoms with Gasteiger partial charge in [-0.15, -0.1) is 0 Å². The summed E-state index contributed by atoms with van der Waals surface area (Å²) in [7, 11) is 0. The Hall–Kier alpha value is -3.57. The van der Waals surface area contributed by atoms with Crippen LogP contribution in [0.15, 0.2) is 77.6 Å². The second-order valence-corrected chi connectivity index (χ2v) is 8.75. The first-order valence-electron chi connectivity index (χ1n) is 10.9. The van der Waals surface area contributed by atoms with Crippen molar-refractivity contribution in [2.24, 2.45) is 0 Å². The number of aromatic amines is 1. The van der Waals surface area contributed by atoms with Crippen molar-refractivity contribution in [2.45, 2.75) is 26.8 Å². The van der Waals surface area contributed by atoms with Gasteiger partial charge in [-0.2, -0.15) is 0 Å². The van der Waals surface area contributed by atoms with Crippen LogP contribution in [-0.2, 0) is 13.0 Å². The number of halogens is 1. The number of nitrogens with one attached hydrogen (secondary N) is 2. The van der Waals surface area contributed by atoms with E-state index in [4.69, 9.17) is 11.6 Å². The third-order valence-corrected chi connectivity index (χ3v) is 5.79. The van der Waals surface area contributed by atoms with Gasteiger partial charge < -0.3 is 15.2 Å². The summed E-state index contributed by atoms with van der Waals surface area (Å²) in [6.07, 6.45) is 0.676. The van der Waals surface area contributed by atoms with Crippen molar-refractivity contribution in [2.75, 3.05) is 11.9 Å². The number of fused-ring (bicyclic) bond motifs is 1. The highest BCUT2D eigenvalue weighted by molar-refractivity contribution is 6.30. The Balaban J connectivity index is 1.60. The summed E-state index contributed by atoms with van der Waals surface area (Å²) >= 11 is 6.07. The zero-order valence-electron chi connectivity index (χ0n) is 18.7. The van der Waals surface area contributed by atoms with E-state index >= 15 is 0 Å². The standard InChI is InChI=1S/C27H26ClN3O2/c1-18-5-3-6-20(13-18)11-12-31(27(33)29-24-8-4-7-23(28)16-24)17-22-15-21-10-9-19(2)14-25(21)30-26(22)32/h3-10,13-16H,11-12,17H2,1-2H3,(H,29,33)(H,30,32). The number of carbonyl (C=O) groups is 1. The fourth-order valence-corrected chi connectivity index (χ4v) is 4.03. The third-order valence-electron chi connectivity index (χ3n) is 5.56. The highest BCUT2D eigenvalue weighted by atomic mass is 35.5. The number of rotatable bonds is 6. The molecule has 4 aromatic rings. The van der Waals surface area contributed by atoms with E-state index < -0.39 is 0 Å². The number of H-pyrrole nitrogens is 1. The Kier molecular flexibility index (Phi) is 6.80. The fourth-order valence-electron chi connectivity index (χ4n) is 3.84. The van der Waals surface area contributed by atoms with Crippen molar-refractivity contribution in [1.29, 1.82) is 0 Å². The van der Waals surface area contributed by atoms with Gasteiger partial charge in [0.15, 0.2) is 0 Å². The van der Waals surface area contributed by atoms with Crippen molar-refractivity contribution in [3.8, 4) is 0 Å². The average Bonchev–Trinajstić information content (AvgIpc) is 2.77. The van der Waals surface area contributed by atoms with E-state index in [0.29, 0.717) is 29.2 Å². The zero-order chi connectivity index (χ0) is 23.4. The lowest BCUT2D eigenvalue weighted by Gasteiger charge is -2.23. The molecule has 0 saturated carbocycles. The number of nitrogens with zero attached hydrogens (tertiary/aromatic N) is 1. The Morgan fingerprint density at radius 3 is 2.55 bits per heavy atom. The smallest absolute Gasteiger partial charge is 0.322 e. The number of hydrogen-bond donors (Lipinski definition) is 2. The molecule has 5 nitrogen and oxygen atoms in total. The number of benzene rings is 3. The normalized spacial score (nSPS) is 10.9. The number of carbonyl (C=O) groups excluding carboxylic acids is 1. The number of hydrogen-bond acceptors (Lipinski definition) is 2. The van der Waals surface area contributed by atoms with Crippen LogP contribution < -0.4 is 10.9 Å². The maximum Gasteiger partial charge on any atom is 0.322 e. The van der Waals surface area contributed by atoms with Crippen molar-refractivity contribution >= 4 is 34.2 Å². The van der Waals surface area contributed by atoms with Gasteiger partial charge in [0.05, 0.1) is 6.54 Å². The van der Waals surface area contributed by atoms with Gasteiger partial charge >= 0.3 is 6.03 Å². The number of pyridine rings is 1. The van der Waals surface area contributed by atoms with E-state index in [-0.39, 0.29) is 18.1 Å². The van der Waals surface area contributed by atoms with Crippen LogP contribution in [0.1, 0.15) is 22.3 Å². The molecule has 168 valence electrons. The summed E-state index contributed by atoms with van der Waals surface area (Å²) < 4.78 is 0. The van der Waals surface area contributed by atoms with E-state index in [9.17, 15) is 9.59 Å². The molecule has 0 spiro atoms. The molecule has 0 radical (unpaired) electrons. The minimum Gasteiger partial charge on any atom is -0.322 e. The summed E-state index contributed by atoms with van der Waals surface area (Å²) in [5, 5.41) is 4.38. The Labute approximate surface area is 198 Å². The van der Waals surface area contributed by atoms with Gasteiger partial charge in [-0.25, -0.2) is 4.79 Å². The molecule has 1 aromatic heterocycles. The predicted octanol–water partition coefficient (Wildman–Crippen LogP) is 6.08. The molecule has 0 fully saturated rings. The van der Waals surface area contributed by atoms with Crippen LogP contribution in [0.3, 0.4) is 0 Å². The van der Waals surface area contributed by atoms with E-state index in [1.165, 1.54) is 5.56 Å². The van der Waals surface area contributed by atoms with Crippen LogP contribution in [0, 0.1) is 13.8 Å². The van der Waals surface area contributed by atoms with E-state index in [1.807, 2.05) is 56.3 Å². The van der Waals surface area contributed by atoms with Crippen molar-refractivity contribution in [1.82, 2.24) is 9.88 Å². The van der Waals surface area contributed by atoms with Gasteiger partial charge in [-0.3, -0.25) is 4.79 Å². The highest BCUT2D eigenvalue weighted by Crippen LogP contribution is 2.18. The summed E-state index contributed by atoms with van der Waals surface area (Å²) in [6.45, 7) is 4.68. The molecule has 0 aliphatic heterocycles. The average molecular weight is 460 g/mol. The second kappa shape index (κ2) is 9.92. The highest BCUT2D eigenvalue weighted by Gasteiger charge is 2.17. The molecule has 2 amide bonds. The second-order valence-electron chi connectivity index (χ2n) is 8.32. The molecule has 0 atom stereocenters. The maximum atomic E-state index is 13.2. The van der Waals surface area contributed by atoms with E-state index in [0.717, 1.165) is 22.0 Å². The van der Waals surface area contributed by atoms with Crippen LogP contribution in [0.4, 0.5) is 10.5 Å². The first-order valence-corrected chi connectivity index (χ1v) is 11.2. The molecule has 0 unspecified atom stereocenters. The summed E-state index contributed by atoms with van der Waals surface area (Å²) in [6, 6.07) is 22.7. The maximum absolute atomic E-state index is 13.2. The van der Waals surface area contributed by atoms with Crippen LogP contribution in [-0.4, -0.2) is 22.5 Å². The molecule has 3 aromatic carbocycles. The van der Waals surface area contributed by atoms with Crippen LogP contribution in [0.2, 0.25) is 5.02 Å². The number of amides is 2. The topological polar surface area (TPSA) is 65.2 Å². The lowest BCUT2D eigenvalue weighted by molar-refractivity contribution is 0.209. The van der Waals surface area contributed by atoms with Crippen molar-refractivity contribution in [3.05, 3.63) is 110 Å². The SMILES string of the molecule is Cc1cccc(CCN(Cc2cc3ccc(C)cc3[nH]c2=O)C(=O)Nc2cccc(Cl)c2)c1. The van der Waals surface area contributed by atoms with Gasteiger partial charge in [0.1, 0.15) is 0 Å². The van der Waals surface area contributed by atoms with Crippen LogP contribution in [0.25, 0.3) is 10.9 Å². The van der Waals surface area contributed by atoms with Crippen molar-refractivity contribution < 1.29 is 4.79 Å². The first kappa shape index (κ1) is 22.6. The lowest BCUT2D eigenvalue weighted by atomic mass is 10.1. The largest absolute Gasteiger partial charge is 0.322 e.